The van der Waals surface area contributed by atoms with Gasteiger partial charge in [-0.15, -0.1) is 0 Å². The summed E-state index contributed by atoms with van der Waals surface area (Å²) >= 11 is 0. The molecule has 0 saturated carbocycles. The third-order valence-corrected chi connectivity index (χ3v) is 6.08. The van der Waals surface area contributed by atoms with Crippen LogP contribution in [0.3, 0.4) is 0 Å². The lowest BCUT2D eigenvalue weighted by Crippen LogP contribution is -2.38. The first-order chi connectivity index (χ1) is 12.3. The van der Waals surface area contributed by atoms with E-state index in [1.54, 1.807) is 19.2 Å². The van der Waals surface area contributed by atoms with E-state index in [0.29, 0.717) is 18.8 Å². The number of hydrogen-bond donors (Lipinski definition) is 1. The quantitative estimate of drug-likeness (QED) is 0.847. The van der Waals surface area contributed by atoms with E-state index in [2.05, 4.69) is 15.3 Å². The zero-order valence-electron chi connectivity index (χ0n) is 14.2. The number of carbonyl (C=O) groups excluding carboxylic acids is 1. The molecule has 0 radical (unpaired) electrons. The molecule has 1 saturated heterocycles. The van der Waals surface area contributed by atoms with Crippen LogP contribution in [0.5, 0.6) is 0 Å². The lowest BCUT2D eigenvalue weighted by atomic mass is 10.2. The van der Waals surface area contributed by atoms with Crippen molar-refractivity contribution in [3.05, 3.63) is 53.7 Å². The first-order valence-electron chi connectivity index (χ1n) is 8.12. The smallest absolute Gasteiger partial charge is 0.274 e. The Kier molecular flexibility index (Phi) is 5.17. The molecule has 0 bridgehead atoms. The van der Waals surface area contributed by atoms with Crippen molar-refractivity contribution in [3.8, 4) is 0 Å². The zero-order valence-corrected chi connectivity index (χ0v) is 15.0. The molecule has 1 aromatic heterocycles. The highest BCUT2D eigenvalue weighted by Crippen LogP contribution is 2.18. The van der Waals surface area contributed by atoms with Crippen LogP contribution < -0.4 is 5.32 Å². The number of amides is 1. The van der Waals surface area contributed by atoms with Crippen LogP contribution in [0.1, 0.15) is 22.5 Å². The molecule has 1 aliphatic heterocycles. The highest BCUT2D eigenvalue weighted by molar-refractivity contribution is 7.91. The van der Waals surface area contributed by atoms with Gasteiger partial charge in [0, 0.05) is 19.6 Å². The largest absolute Gasteiger partial charge is 0.365 e. The molecule has 1 fully saturated rings. The van der Waals surface area contributed by atoms with E-state index in [1.165, 1.54) is 29.4 Å². The molecule has 1 unspecified atom stereocenters. The lowest BCUT2D eigenvalue weighted by Gasteiger charge is -2.22. The van der Waals surface area contributed by atoms with Gasteiger partial charge >= 0.3 is 0 Å². The van der Waals surface area contributed by atoms with E-state index < -0.39 is 9.84 Å². The average molecular weight is 378 g/mol. The third-order valence-electron chi connectivity index (χ3n) is 4.33. The fourth-order valence-corrected chi connectivity index (χ4v) is 4.53. The van der Waals surface area contributed by atoms with Gasteiger partial charge in [0.05, 0.1) is 23.9 Å². The summed E-state index contributed by atoms with van der Waals surface area (Å²) in [6.45, 7) is 0.447. The van der Waals surface area contributed by atoms with Gasteiger partial charge in [0.1, 0.15) is 17.3 Å². The van der Waals surface area contributed by atoms with Crippen molar-refractivity contribution in [2.75, 3.05) is 23.9 Å². The van der Waals surface area contributed by atoms with Gasteiger partial charge in [0.25, 0.3) is 5.91 Å². The Morgan fingerprint density at radius 2 is 2.00 bits per heavy atom. The number of anilines is 1. The Bertz CT molecular complexity index is 885. The van der Waals surface area contributed by atoms with Gasteiger partial charge in [-0.2, -0.15) is 0 Å². The monoisotopic (exact) mass is 378 g/mol. The molecule has 0 aliphatic carbocycles. The van der Waals surface area contributed by atoms with Crippen LogP contribution >= 0.6 is 0 Å². The number of carbonyl (C=O) groups is 1. The van der Waals surface area contributed by atoms with Gasteiger partial charge < -0.3 is 10.2 Å². The second-order valence-electron chi connectivity index (χ2n) is 6.24. The van der Waals surface area contributed by atoms with Crippen LogP contribution in [-0.2, 0) is 16.4 Å². The summed E-state index contributed by atoms with van der Waals surface area (Å²) in [5.74, 6) is -0.0788. The normalized spacial score (nSPS) is 18.5. The van der Waals surface area contributed by atoms with E-state index in [4.69, 9.17) is 0 Å². The van der Waals surface area contributed by atoms with Crippen LogP contribution in [-0.4, -0.2) is 53.8 Å². The minimum absolute atomic E-state index is 0.0139. The molecular weight excluding hydrogens is 359 g/mol. The number of rotatable bonds is 5. The van der Waals surface area contributed by atoms with Crippen molar-refractivity contribution in [3.63, 3.8) is 0 Å². The second-order valence-corrected chi connectivity index (χ2v) is 8.47. The average Bonchev–Trinajstić information content (AvgIpc) is 3.00. The maximum absolute atomic E-state index is 12.9. The Balaban J connectivity index is 1.59. The highest BCUT2D eigenvalue weighted by Gasteiger charge is 2.33. The molecular formula is C17H19FN4O3S. The minimum Gasteiger partial charge on any atom is -0.365 e. The highest BCUT2D eigenvalue weighted by atomic mass is 32.2. The summed E-state index contributed by atoms with van der Waals surface area (Å²) < 4.78 is 36.0. The molecule has 2 heterocycles. The molecule has 138 valence electrons. The Labute approximate surface area is 151 Å². The standard InChI is InChI=1S/C17H19FN4O3S/c1-22(14-6-7-26(24,25)11-14)17(23)15-9-21-16(10-19-15)20-8-12-2-4-13(18)5-3-12/h2-5,9-10,14H,6-8,11H2,1H3,(H,20,21). The van der Waals surface area contributed by atoms with Crippen LogP contribution in [0, 0.1) is 5.82 Å². The lowest BCUT2D eigenvalue weighted by molar-refractivity contribution is 0.0741. The summed E-state index contributed by atoms with van der Waals surface area (Å²) in [4.78, 5) is 22.1. The molecule has 0 spiro atoms. The van der Waals surface area contributed by atoms with Crippen molar-refractivity contribution in [1.82, 2.24) is 14.9 Å². The molecule has 1 aromatic carbocycles. The first-order valence-corrected chi connectivity index (χ1v) is 9.94. The maximum atomic E-state index is 12.9. The van der Waals surface area contributed by atoms with Gasteiger partial charge in [-0.05, 0) is 24.1 Å². The topological polar surface area (TPSA) is 92.3 Å². The minimum atomic E-state index is -3.06. The van der Waals surface area contributed by atoms with Crippen LogP contribution in [0.15, 0.2) is 36.7 Å². The van der Waals surface area contributed by atoms with Crippen LogP contribution in [0.2, 0.25) is 0 Å². The fourth-order valence-electron chi connectivity index (χ4n) is 2.75. The van der Waals surface area contributed by atoms with E-state index >= 15 is 0 Å². The predicted octanol–water partition coefficient (Wildman–Crippen LogP) is 1.49. The van der Waals surface area contributed by atoms with Gasteiger partial charge in [0.2, 0.25) is 0 Å². The maximum Gasteiger partial charge on any atom is 0.274 e. The van der Waals surface area contributed by atoms with Crippen molar-refractivity contribution in [2.45, 2.75) is 19.0 Å². The summed E-state index contributed by atoms with van der Waals surface area (Å²) in [5, 5.41) is 3.04. The van der Waals surface area contributed by atoms with Crippen molar-refractivity contribution >= 4 is 21.6 Å². The summed E-state index contributed by atoms with van der Waals surface area (Å²) in [6, 6.07) is 5.76. The number of aromatic nitrogens is 2. The number of nitrogens with zero attached hydrogens (tertiary/aromatic N) is 3. The molecule has 1 amide bonds. The molecule has 26 heavy (non-hydrogen) atoms. The van der Waals surface area contributed by atoms with E-state index in [1.807, 2.05) is 0 Å². The summed E-state index contributed by atoms with van der Waals surface area (Å²) in [5.41, 5.74) is 1.04. The predicted molar refractivity (Wildman–Crippen MR) is 94.9 cm³/mol. The molecule has 7 nitrogen and oxygen atoms in total. The van der Waals surface area contributed by atoms with Crippen molar-refractivity contribution in [2.24, 2.45) is 0 Å². The van der Waals surface area contributed by atoms with Crippen LogP contribution in [0.25, 0.3) is 0 Å². The molecule has 3 rings (SSSR count). The Morgan fingerprint density at radius 3 is 2.58 bits per heavy atom. The van der Waals surface area contributed by atoms with Crippen LogP contribution in [0.4, 0.5) is 10.2 Å². The molecule has 1 aliphatic rings. The Hall–Kier alpha value is -2.55. The van der Waals surface area contributed by atoms with E-state index in [9.17, 15) is 17.6 Å². The van der Waals surface area contributed by atoms with Crippen molar-refractivity contribution in [1.29, 1.82) is 0 Å². The number of hydrogen-bond acceptors (Lipinski definition) is 6. The van der Waals surface area contributed by atoms with Gasteiger partial charge in [0.15, 0.2) is 9.84 Å². The fraction of sp³-hybridized carbons (Fsp3) is 0.353. The van der Waals surface area contributed by atoms with Gasteiger partial charge in [-0.25, -0.2) is 22.8 Å². The molecule has 1 atom stereocenters. The molecule has 9 heteroatoms. The number of benzene rings is 1. The first kappa shape index (κ1) is 18.2. The van der Waals surface area contributed by atoms with Gasteiger partial charge in [-0.3, -0.25) is 4.79 Å². The van der Waals surface area contributed by atoms with E-state index in [0.717, 1.165) is 5.56 Å². The number of halogens is 1. The van der Waals surface area contributed by atoms with Crippen molar-refractivity contribution < 1.29 is 17.6 Å². The molecule has 2 aromatic rings. The zero-order chi connectivity index (χ0) is 18.7. The Morgan fingerprint density at radius 1 is 1.27 bits per heavy atom. The SMILES string of the molecule is CN(C(=O)c1cnc(NCc2ccc(F)cc2)cn1)C1CCS(=O)(=O)C1. The summed E-state index contributed by atoms with van der Waals surface area (Å²) in [6.07, 6.45) is 3.24. The summed E-state index contributed by atoms with van der Waals surface area (Å²) in [7, 11) is -1.48. The molecule has 1 N–H and O–H groups in total. The second kappa shape index (κ2) is 7.36. The number of nitrogens with one attached hydrogen (secondary N) is 1. The van der Waals surface area contributed by atoms with Gasteiger partial charge in [-0.1, -0.05) is 12.1 Å². The number of sulfone groups is 1. The van der Waals surface area contributed by atoms with E-state index in [-0.39, 0.29) is 35.0 Å². The third kappa shape index (κ3) is 4.34.